The molecule has 2 aromatic rings. The minimum atomic E-state index is -1.13. The monoisotopic (exact) mass is 397 g/mol. The predicted molar refractivity (Wildman–Crippen MR) is 110 cm³/mol. The number of carboxylic acid groups (broad SMARTS) is 1. The van der Waals surface area contributed by atoms with Crippen molar-refractivity contribution >= 4 is 17.9 Å². The van der Waals surface area contributed by atoms with Crippen LogP contribution in [0.25, 0.3) is 0 Å². The summed E-state index contributed by atoms with van der Waals surface area (Å²) in [5.41, 5.74) is 3.34. The summed E-state index contributed by atoms with van der Waals surface area (Å²) in [6.45, 7) is 4.28. The number of nitrogens with one attached hydrogen (secondary N) is 2. The summed E-state index contributed by atoms with van der Waals surface area (Å²) in [7, 11) is 1.67. The summed E-state index contributed by atoms with van der Waals surface area (Å²) in [6, 6.07) is 13.5. The highest BCUT2D eigenvalue weighted by Crippen LogP contribution is 2.21. The largest absolute Gasteiger partial charge is 0.479 e. The molecular weight excluding hydrogens is 370 g/mol. The topological polar surface area (TPSA) is 98.7 Å². The summed E-state index contributed by atoms with van der Waals surface area (Å²) < 4.78 is 0. The first-order valence-electron chi connectivity index (χ1n) is 9.40. The van der Waals surface area contributed by atoms with Gasteiger partial charge in [0.15, 0.2) is 6.04 Å². The third kappa shape index (κ3) is 6.34. The molecule has 0 spiro atoms. The van der Waals surface area contributed by atoms with E-state index in [1.807, 2.05) is 50.2 Å². The average molecular weight is 397 g/mol. The Morgan fingerprint density at radius 2 is 1.72 bits per heavy atom. The lowest BCUT2D eigenvalue weighted by molar-refractivity contribution is -0.142. The fourth-order valence-electron chi connectivity index (χ4n) is 2.94. The molecule has 0 saturated heterocycles. The molecule has 0 aliphatic rings. The van der Waals surface area contributed by atoms with Crippen LogP contribution in [-0.2, 0) is 16.1 Å². The molecular formula is C22H27N3O4. The predicted octanol–water partition coefficient (Wildman–Crippen LogP) is 2.78. The van der Waals surface area contributed by atoms with E-state index in [1.54, 1.807) is 19.2 Å². The zero-order valence-corrected chi connectivity index (χ0v) is 16.9. The molecule has 3 N–H and O–H groups in total. The van der Waals surface area contributed by atoms with Crippen LogP contribution in [0.5, 0.6) is 0 Å². The third-order valence-corrected chi connectivity index (χ3v) is 4.75. The summed E-state index contributed by atoms with van der Waals surface area (Å²) in [6.07, 6.45) is -0.0143. The molecule has 0 aliphatic carbocycles. The maximum atomic E-state index is 12.2. The van der Waals surface area contributed by atoms with E-state index < -0.39 is 17.9 Å². The van der Waals surface area contributed by atoms with Crippen molar-refractivity contribution in [2.45, 2.75) is 32.9 Å². The zero-order chi connectivity index (χ0) is 21.4. The van der Waals surface area contributed by atoms with Crippen LogP contribution in [0, 0.1) is 13.8 Å². The molecule has 2 rings (SSSR count). The number of aryl methyl sites for hydroxylation is 1. The van der Waals surface area contributed by atoms with E-state index in [9.17, 15) is 19.5 Å². The standard InChI is InChI=1S/C22H27N3O4/c1-15-8-7-11-18(16(15)2)20(21(27)28)24-19(26)12-13-23-22(29)25(3)14-17-9-5-4-6-10-17/h4-11,20H,12-14H2,1-3H3,(H,23,29)(H,24,26)(H,27,28). The van der Waals surface area contributed by atoms with Gasteiger partial charge in [-0.1, -0.05) is 48.5 Å². The van der Waals surface area contributed by atoms with Crippen molar-refractivity contribution < 1.29 is 19.5 Å². The molecule has 0 fully saturated rings. The van der Waals surface area contributed by atoms with Gasteiger partial charge in [-0.25, -0.2) is 9.59 Å². The van der Waals surface area contributed by atoms with Crippen LogP contribution < -0.4 is 10.6 Å². The molecule has 29 heavy (non-hydrogen) atoms. The highest BCUT2D eigenvalue weighted by molar-refractivity contribution is 5.85. The molecule has 0 aliphatic heterocycles. The number of carbonyl (C=O) groups is 3. The third-order valence-electron chi connectivity index (χ3n) is 4.75. The lowest BCUT2D eigenvalue weighted by Crippen LogP contribution is -2.40. The molecule has 0 aromatic heterocycles. The van der Waals surface area contributed by atoms with Gasteiger partial charge in [-0.2, -0.15) is 0 Å². The molecule has 0 bridgehead atoms. The Bertz CT molecular complexity index is 868. The minimum absolute atomic E-state index is 0.0143. The van der Waals surface area contributed by atoms with Crippen molar-refractivity contribution in [3.05, 3.63) is 70.8 Å². The summed E-state index contributed by atoms with van der Waals surface area (Å²) >= 11 is 0. The van der Waals surface area contributed by atoms with Gasteiger partial charge in [0.05, 0.1) is 0 Å². The van der Waals surface area contributed by atoms with Crippen LogP contribution in [0.3, 0.4) is 0 Å². The Morgan fingerprint density at radius 3 is 2.38 bits per heavy atom. The van der Waals surface area contributed by atoms with E-state index in [2.05, 4.69) is 10.6 Å². The smallest absolute Gasteiger partial charge is 0.330 e. The number of urea groups is 1. The highest BCUT2D eigenvalue weighted by atomic mass is 16.4. The van der Waals surface area contributed by atoms with Gasteiger partial charge in [0.2, 0.25) is 5.91 Å². The number of rotatable bonds is 8. The number of amides is 3. The Morgan fingerprint density at radius 1 is 1.03 bits per heavy atom. The maximum Gasteiger partial charge on any atom is 0.330 e. The zero-order valence-electron chi connectivity index (χ0n) is 16.9. The van der Waals surface area contributed by atoms with Gasteiger partial charge < -0.3 is 20.6 Å². The second-order valence-electron chi connectivity index (χ2n) is 6.95. The van der Waals surface area contributed by atoms with Gasteiger partial charge in [-0.15, -0.1) is 0 Å². The Labute approximate surface area is 170 Å². The van der Waals surface area contributed by atoms with E-state index in [-0.39, 0.29) is 19.0 Å². The first-order chi connectivity index (χ1) is 13.8. The van der Waals surface area contributed by atoms with Crippen LogP contribution in [0.2, 0.25) is 0 Å². The van der Waals surface area contributed by atoms with Crippen molar-refractivity contribution in [1.82, 2.24) is 15.5 Å². The molecule has 3 amide bonds. The highest BCUT2D eigenvalue weighted by Gasteiger charge is 2.24. The number of benzene rings is 2. The van der Waals surface area contributed by atoms with Crippen LogP contribution in [0.4, 0.5) is 4.79 Å². The molecule has 0 radical (unpaired) electrons. The first kappa shape index (κ1) is 21.9. The van der Waals surface area contributed by atoms with Crippen molar-refractivity contribution in [3.8, 4) is 0 Å². The molecule has 1 atom stereocenters. The van der Waals surface area contributed by atoms with Crippen molar-refractivity contribution in [2.75, 3.05) is 13.6 Å². The lowest BCUT2D eigenvalue weighted by Gasteiger charge is -2.19. The molecule has 7 nitrogen and oxygen atoms in total. The maximum absolute atomic E-state index is 12.2. The van der Waals surface area contributed by atoms with Gasteiger partial charge in [-0.05, 0) is 36.1 Å². The fraction of sp³-hybridized carbons (Fsp3) is 0.318. The van der Waals surface area contributed by atoms with Gasteiger partial charge in [-0.3, -0.25) is 4.79 Å². The second-order valence-corrected chi connectivity index (χ2v) is 6.95. The summed E-state index contributed by atoms with van der Waals surface area (Å²) in [5.74, 6) is -1.57. The molecule has 2 aromatic carbocycles. The molecule has 7 heteroatoms. The van der Waals surface area contributed by atoms with Crippen LogP contribution in [-0.4, -0.2) is 41.5 Å². The minimum Gasteiger partial charge on any atom is -0.479 e. The van der Waals surface area contributed by atoms with Crippen LogP contribution >= 0.6 is 0 Å². The van der Waals surface area contributed by atoms with Crippen molar-refractivity contribution in [1.29, 1.82) is 0 Å². The molecule has 1 unspecified atom stereocenters. The van der Waals surface area contributed by atoms with Crippen LogP contribution in [0.1, 0.15) is 34.7 Å². The first-order valence-corrected chi connectivity index (χ1v) is 9.40. The molecule has 0 saturated carbocycles. The second kappa shape index (κ2) is 10.3. The fourth-order valence-corrected chi connectivity index (χ4v) is 2.94. The number of hydrogen-bond acceptors (Lipinski definition) is 3. The SMILES string of the molecule is Cc1cccc(C(NC(=O)CCNC(=O)N(C)Cc2ccccc2)C(=O)O)c1C. The lowest BCUT2D eigenvalue weighted by atomic mass is 9.97. The van der Waals surface area contributed by atoms with E-state index in [1.165, 1.54) is 4.90 Å². The van der Waals surface area contributed by atoms with Gasteiger partial charge in [0.1, 0.15) is 0 Å². The number of aliphatic carboxylic acids is 1. The van der Waals surface area contributed by atoms with Gasteiger partial charge in [0.25, 0.3) is 0 Å². The van der Waals surface area contributed by atoms with E-state index in [0.717, 1.165) is 16.7 Å². The number of hydrogen-bond donors (Lipinski definition) is 3. The Hall–Kier alpha value is -3.35. The molecule has 0 heterocycles. The van der Waals surface area contributed by atoms with E-state index in [4.69, 9.17) is 0 Å². The number of carboxylic acids is 1. The quantitative estimate of drug-likeness (QED) is 0.638. The summed E-state index contributed by atoms with van der Waals surface area (Å²) in [4.78, 5) is 37.6. The van der Waals surface area contributed by atoms with Gasteiger partial charge >= 0.3 is 12.0 Å². The van der Waals surface area contributed by atoms with Gasteiger partial charge in [0, 0.05) is 26.6 Å². The summed E-state index contributed by atoms with van der Waals surface area (Å²) in [5, 5.41) is 14.7. The molecule has 154 valence electrons. The van der Waals surface area contributed by atoms with Crippen molar-refractivity contribution in [3.63, 3.8) is 0 Å². The normalized spacial score (nSPS) is 11.4. The van der Waals surface area contributed by atoms with E-state index >= 15 is 0 Å². The van der Waals surface area contributed by atoms with Crippen molar-refractivity contribution in [2.24, 2.45) is 0 Å². The van der Waals surface area contributed by atoms with Crippen LogP contribution in [0.15, 0.2) is 48.5 Å². The van der Waals surface area contributed by atoms with E-state index in [0.29, 0.717) is 12.1 Å². The number of carbonyl (C=O) groups excluding carboxylic acids is 2. The average Bonchev–Trinajstić information content (AvgIpc) is 2.69. The Kier molecular flexibility index (Phi) is 7.77. The Balaban J connectivity index is 1.85. The number of nitrogens with zero attached hydrogens (tertiary/aromatic N) is 1.